The maximum atomic E-state index is 4.52. The smallest absolute Gasteiger partial charge is 0.0226 e. The Labute approximate surface area is 181 Å². The summed E-state index contributed by atoms with van der Waals surface area (Å²) in [6.07, 6.45) is 0. The van der Waals surface area contributed by atoms with Gasteiger partial charge in [-0.1, -0.05) is 0 Å². The van der Waals surface area contributed by atoms with E-state index in [1.807, 2.05) is 35.3 Å². The van der Waals surface area contributed by atoms with Crippen molar-refractivity contribution in [3.63, 3.8) is 0 Å². The standard InChI is InChI=1S/C13H28S9/c14-1-3-20-11(5-16)8-19-9-12(6-17)22-10-13(7-18)21-4-2-15/h11-18H,1-10H2. The molecule has 3 atom stereocenters. The van der Waals surface area contributed by atoms with E-state index in [1.54, 1.807) is 0 Å². The van der Waals surface area contributed by atoms with Crippen molar-refractivity contribution in [2.24, 2.45) is 0 Å². The van der Waals surface area contributed by atoms with E-state index in [4.69, 9.17) is 0 Å². The summed E-state index contributed by atoms with van der Waals surface area (Å²) < 4.78 is 0. The Bertz CT molecular complexity index is 230. The van der Waals surface area contributed by atoms with Gasteiger partial charge in [-0.05, 0) is 11.5 Å². The summed E-state index contributed by atoms with van der Waals surface area (Å²) in [5.41, 5.74) is 0. The minimum Gasteiger partial charge on any atom is -0.179 e. The Morgan fingerprint density at radius 3 is 1.36 bits per heavy atom. The monoisotopic (exact) mass is 472 g/mol. The number of thioether (sulfide) groups is 4. The largest absolute Gasteiger partial charge is 0.179 e. The highest BCUT2D eigenvalue weighted by Crippen LogP contribution is 2.26. The fourth-order valence-corrected chi connectivity index (χ4v) is 8.63. The highest BCUT2D eigenvalue weighted by Gasteiger charge is 2.14. The molecular weight excluding hydrogens is 445 g/mol. The van der Waals surface area contributed by atoms with Gasteiger partial charge >= 0.3 is 0 Å². The molecule has 9 heteroatoms. The molecular formula is C13H28S9. The number of rotatable bonds is 16. The first-order valence-electron chi connectivity index (χ1n) is 7.18. The second-order valence-electron chi connectivity index (χ2n) is 4.47. The Morgan fingerprint density at radius 1 is 0.545 bits per heavy atom. The first-order chi connectivity index (χ1) is 10.7. The predicted molar refractivity (Wildman–Crippen MR) is 135 cm³/mol. The van der Waals surface area contributed by atoms with Gasteiger partial charge in [-0.15, -0.1) is 0 Å². The summed E-state index contributed by atoms with van der Waals surface area (Å²) in [5, 5.41) is 1.90. The lowest BCUT2D eigenvalue weighted by atomic mass is 10.5. The molecule has 0 N–H and O–H groups in total. The average molecular weight is 473 g/mol. The second kappa shape index (κ2) is 18.9. The van der Waals surface area contributed by atoms with Gasteiger partial charge in [0.15, 0.2) is 0 Å². The maximum absolute atomic E-state index is 4.52. The summed E-state index contributed by atoms with van der Waals surface area (Å²) in [4.78, 5) is 0. The molecule has 3 unspecified atom stereocenters. The van der Waals surface area contributed by atoms with Crippen LogP contribution in [0.4, 0.5) is 0 Å². The molecule has 0 saturated carbocycles. The van der Waals surface area contributed by atoms with Crippen LogP contribution in [0.15, 0.2) is 0 Å². The topological polar surface area (TPSA) is 0 Å². The fourth-order valence-electron chi connectivity index (χ4n) is 1.47. The lowest BCUT2D eigenvalue weighted by molar-refractivity contribution is 1.10. The van der Waals surface area contributed by atoms with Gasteiger partial charge in [-0.2, -0.15) is 110 Å². The van der Waals surface area contributed by atoms with Gasteiger partial charge in [0.1, 0.15) is 0 Å². The predicted octanol–water partition coefficient (Wildman–Crippen LogP) is 4.67. The molecule has 0 aliphatic rings. The minimum absolute atomic E-state index is 0.628. The van der Waals surface area contributed by atoms with E-state index in [1.165, 1.54) is 11.5 Å². The molecule has 0 fully saturated rings. The van der Waals surface area contributed by atoms with E-state index in [0.717, 1.165) is 46.0 Å². The summed E-state index contributed by atoms with van der Waals surface area (Å²) >= 11 is 30.1. The maximum Gasteiger partial charge on any atom is 0.0226 e. The van der Waals surface area contributed by atoms with Gasteiger partial charge < -0.3 is 0 Å². The van der Waals surface area contributed by atoms with Crippen LogP contribution in [-0.2, 0) is 0 Å². The van der Waals surface area contributed by atoms with Crippen LogP contribution >= 0.6 is 110 Å². The molecule has 0 aromatic carbocycles. The molecule has 0 aliphatic heterocycles. The molecule has 0 heterocycles. The second-order valence-corrected chi connectivity index (χ2v) is 11.7. The zero-order chi connectivity index (χ0) is 16.6. The van der Waals surface area contributed by atoms with Crippen LogP contribution in [0.1, 0.15) is 0 Å². The molecule has 0 aromatic heterocycles. The van der Waals surface area contributed by atoms with Gasteiger partial charge in [0, 0.05) is 61.8 Å². The van der Waals surface area contributed by atoms with Crippen LogP contribution < -0.4 is 0 Å². The van der Waals surface area contributed by atoms with E-state index >= 15 is 0 Å². The van der Waals surface area contributed by atoms with Gasteiger partial charge in [-0.25, -0.2) is 0 Å². The van der Waals surface area contributed by atoms with E-state index < -0.39 is 0 Å². The Balaban J connectivity index is 3.89. The van der Waals surface area contributed by atoms with Gasteiger partial charge in [0.25, 0.3) is 0 Å². The van der Waals surface area contributed by atoms with Crippen molar-refractivity contribution in [2.75, 3.05) is 57.5 Å². The summed E-state index contributed by atoms with van der Waals surface area (Å²) in [5.74, 6) is 10.5. The van der Waals surface area contributed by atoms with Crippen LogP contribution in [0, 0.1) is 0 Å². The third kappa shape index (κ3) is 14.3. The molecule has 22 heavy (non-hydrogen) atoms. The van der Waals surface area contributed by atoms with Crippen molar-refractivity contribution in [3.05, 3.63) is 0 Å². The third-order valence-electron chi connectivity index (χ3n) is 2.63. The highest BCUT2D eigenvalue weighted by molar-refractivity contribution is 8.06. The lowest BCUT2D eigenvalue weighted by Gasteiger charge is -2.19. The molecule has 0 aliphatic carbocycles. The van der Waals surface area contributed by atoms with Gasteiger partial charge in [0.05, 0.1) is 0 Å². The van der Waals surface area contributed by atoms with E-state index in [-0.39, 0.29) is 0 Å². The summed E-state index contributed by atoms with van der Waals surface area (Å²) in [6, 6.07) is 0. The normalized spacial score (nSPS) is 15.7. The van der Waals surface area contributed by atoms with Crippen molar-refractivity contribution in [3.8, 4) is 0 Å². The van der Waals surface area contributed by atoms with Crippen LogP contribution in [0.3, 0.4) is 0 Å². The summed E-state index contributed by atoms with van der Waals surface area (Å²) in [6.45, 7) is 0. The van der Waals surface area contributed by atoms with Crippen LogP contribution in [0.5, 0.6) is 0 Å². The SMILES string of the molecule is SCCSC(CS)CSCC(CS)SCC(CS)SCCS. The van der Waals surface area contributed by atoms with Crippen molar-refractivity contribution in [2.45, 2.75) is 15.7 Å². The van der Waals surface area contributed by atoms with Crippen LogP contribution in [0.2, 0.25) is 0 Å². The molecule has 0 aromatic rings. The summed E-state index contributed by atoms with van der Waals surface area (Å²) in [7, 11) is 0. The zero-order valence-corrected chi connectivity index (χ0v) is 20.4. The molecule has 0 saturated heterocycles. The molecule has 134 valence electrons. The lowest BCUT2D eigenvalue weighted by Crippen LogP contribution is -2.18. The first-order valence-corrected chi connectivity index (χ1v) is 14.6. The average Bonchev–Trinajstić information content (AvgIpc) is 2.55. The van der Waals surface area contributed by atoms with Gasteiger partial charge in [-0.3, -0.25) is 0 Å². The minimum atomic E-state index is 0.628. The fraction of sp³-hybridized carbons (Fsp3) is 1.00. The molecule has 0 rings (SSSR count). The highest BCUT2D eigenvalue weighted by atomic mass is 32.2. The van der Waals surface area contributed by atoms with Gasteiger partial charge in [0.2, 0.25) is 0 Å². The molecule has 0 radical (unpaired) electrons. The van der Waals surface area contributed by atoms with Crippen molar-refractivity contribution >= 4 is 110 Å². The Morgan fingerprint density at radius 2 is 0.955 bits per heavy atom. The number of hydrogen-bond donors (Lipinski definition) is 5. The van der Waals surface area contributed by atoms with E-state index in [0.29, 0.717) is 15.7 Å². The van der Waals surface area contributed by atoms with Crippen LogP contribution in [-0.4, -0.2) is 73.3 Å². The number of hydrogen-bond acceptors (Lipinski definition) is 9. The van der Waals surface area contributed by atoms with Crippen molar-refractivity contribution < 1.29 is 0 Å². The molecule has 0 nitrogen and oxygen atoms in total. The molecule has 0 bridgehead atoms. The quantitative estimate of drug-likeness (QED) is 0.207. The first kappa shape index (κ1) is 25.1. The zero-order valence-electron chi connectivity index (χ0n) is 12.7. The van der Waals surface area contributed by atoms with Crippen LogP contribution in [0.25, 0.3) is 0 Å². The van der Waals surface area contributed by atoms with E-state index in [9.17, 15) is 0 Å². The van der Waals surface area contributed by atoms with Crippen molar-refractivity contribution in [1.29, 1.82) is 0 Å². The number of thiol groups is 5. The Hall–Kier alpha value is 3.15. The van der Waals surface area contributed by atoms with E-state index in [2.05, 4.69) is 74.9 Å². The molecule has 0 amide bonds. The Kier molecular flexibility index (Phi) is 21.6. The third-order valence-corrected chi connectivity index (χ3v) is 11.5. The van der Waals surface area contributed by atoms with Crippen molar-refractivity contribution in [1.82, 2.24) is 0 Å². The molecule has 0 spiro atoms.